The van der Waals surface area contributed by atoms with Gasteiger partial charge in [-0.05, 0) is 43.2 Å². The highest BCUT2D eigenvalue weighted by Crippen LogP contribution is 2.31. The summed E-state index contributed by atoms with van der Waals surface area (Å²) in [5.41, 5.74) is 3.18. The fourth-order valence-electron chi connectivity index (χ4n) is 2.95. The molecular formula is C22H20N4O4. The van der Waals surface area contributed by atoms with Crippen molar-refractivity contribution in [2.75, 3.05) is 12.4 Å². The highest BCUT2D eigenvalue weighted by Gasteiger charge is 2.13. The Bertz CT molecular complexity index is 1200. The Hall–Kier alpha value is -3.94. The van der Waals surface area contributed by atoms with E-state index < -0.39 is 0 Å². The number of carbonyl (C=O) groups is 1. The standard InChI is InChI=1S/C22H20N4O4/c1-4-17-16-10-14(11-24-22(16)30-26-17)21(27)25-15-6-8-20(23-12-15)29-18-7-5-13(2)9-19(18)28-3/h5-12H,4H2,1-3H3,(H,25,27). The molecule has 1 aromatic carbocycles. The molecule has 1 amide bonds. The van der Waals surface area contributed by atoms with E-state index in [9.17, 15) is 4.79 Å². The van der Waals surface area contributed by atoms with Crippen molar-refractivity contribution in [3.05, 3.63) is 65.6 Å². The van der Waals surface area contributed by atoms with Crippen molar-refractivity contribution in [2.45, 2.75) is 20.3 Å². The lowest BCUT2D eigenvalue weighted by molar-refractivity contribution is 0.102. The lowest BCUT2D eigenvalue weighted by Gasteiger charge is -2.11. The molecule has 8 heteroatoms. The predicted octanol–water partition coefficient (Wildman–Crippen LogP) is 4.54. The van der Waals surface area contributed by atoms with E-state index in [0.717, 1.165) is 16.6 Å². The Morgan fingerprint density at radius 2 is 1.97 bits per heavy atom. The first-order chi connectivity index (χ1) is 14.6. The quantitative estimate of drug-likeness (QED) is 0.503. The van der Waals surface area contributed by atoms with Gasteiger partial charge in [0, 0.05) is 12.3 Å². The molecule has 0 unspecified atom stereocenters. The van der Waals surface area contributed by atoms with Crippen LogP contribution in [0, 0.1) is 6.92 Å². The third kappa shape index (κ3) is 3.93. The van der Waals surface area contributed by atoms with Crippen molar-refractivity contribution in [3.8, 4) is 17.4 Å². The molecule has 0 radical (unpaired) electrons. The Morgan fingerprint density at radius 3 is 2.70 bits per heavy atom. The fraction of sp³-hybridized carbons (Fsp3) is 0.182. The van der Waals surface area contributed by atoms with Crippen molar-refractivity contribution in [3.63, 3.8) is 0 Å². The molecule has 30 heavy (non-hydrogen) atoms. The summed E-state index contributed by atoms with van der Waals surface area (Å²) >= 11 is 0. The van der Waals surface area contributed by atoms with Crippen LogP contribution in [0.2, 0.25) is 0 Å². The summed E-state index contributed by atoms with van der Waals surface area (Å²) in [5.74, 6) is 1.27. The zero-order valence-corrected chi connectivity index (χ0v) is 16.8. The first kappa shape index (κ1) is 19.4. The summed E-state index contributed by atoms with van der Waals surface area (Å²) in [6.07, 6.45) is 3.67. The minimum absolute atomic E-state index is 0.302. The fourth-order valence-corrected chi connectivity index (χ4v) is 2.95. The average molecular weight is 404 g/mol. The number of nitrogens with one attached hydrogen (secondary N) is 1. The van der Waals surface area contributed by atoms with Gasteiger partial charge in [0.05, 0.1) is 35.6 Å². The maximum atomic E-state index is 12.6. The summed E-state index contributed by atoms with van der Waals surface area (Å²) in [7, 11) is 1.59. The molecule has 0 fully saturated rings. The van der Waals surface area contributed by atoms with E-state index in [1.165, 1.54) is 12.4 Å². The smallest absolute Gasteiger partial charge is 0.257 e. The Labute approximate surface area is 172 Å². The van der Waals surface area contributed by atoms with Crippen LogP contribution in [0.25, 0.3) is 11.1 Å². The molecule has 0 saturated heterocycles. The number of anilines is 1. The van der Waals surface area contributed by atoms with Gasteiger partial charge in [-0.1, -0.05) is 18.1 Å². The highest BCUT2D eigenvalue weighted by molar-refractivity contribution is 6.05. The zero-order chi connectivity index (χ0) is 21.1. The number of fused-ring (bicyclic) bond motifs is 1. The van der Waals surface area contributed by atoms with Gasteiger partial charge < -0.3 is 19.3 Å². The van der Waals surface area contributed by atoms with Crippen molar-refractivity contribution in [2.24, 2.45) is 0 Å². The molecule has 0 atom stereocenters. The Kier molecular flexibility index (Phi) is 5.30. The lowest BCUT2D eigenvalue weighted by Crippen LogP contribution is -2.12. The van der Waals surface area contributed by atoms with E-state index in [1.54, 1.807) is 25.3 Å². The van der Waals surface area contributed by atoms with Crippen LogP contribution in [0.1, 0.15) is 28.5 Å². The van der Waals surface area contributed by atoms with Gasteiger partial charge in [0.25, 0.3) is 11.6 Å². The third-order valence-corrected chi connectivity index (χ3v) is 4.53. The number of aryl methyl sites for hydroxylation is 2. The first-order valence-electron chi connectivity index (χ1n) is 9.41. The molecule has 152 valence electrons. The third-order valence-electron chi connectivity index (χ3n) is 4.53. The molecule has 0 spiro atoms. The van der Waals surface area contributed by atoms with Crippen LogP contribution in [0.4, 0.5) is 5.69 Å². The van der Waals surface area contributed by atoms with Crippen molar-refractivity contribution >= 4 is 22.7 Å². The highest BCUT2D eigenvalue weighted by atomic mass is 16.5. The zero-order valence-electron chi connectivity index (χ0n) is 16.8. The number of hydrogen-bond acceptors (Lipinski definition) is 7. The molecule has 1 N–H and O–H groups in total. The number of rotatable bonds is 6. The van der Waals surface area contributed by atoms with Crippen LogP contribution in [0.5, 0.6) is 17.4 Å². The van der Waals surface area contributed by atoms with Gasteiger partial charge in [-0.3, -0.25) is 4.79 Å². The van der Waals surface area contributed by atoms with Gasteiger partial charge in [0.15, 0.2) is 11.5 Å². The number of benzene rings is 1. The molecule has 0 bridgehead atoms. The number of hydrogen-bond donors (Lipinski definition) is 1. The SMILES string of the molecule is CCc1noc2ncc(C(=O)Nc3ccc(Oc4ccc(C)cc4OC)nc3)cc12. The normalized spacial score (nSPS) is 10.8. The number of carbonyl (C=O) groups excluding carboxylic acids is 1. The molecule has 3 aromatic heterocycles. The number of aromatic nitrogens is 3. The monoisotopic (exact) mass is 404 g/mol. The van der Waals surface area contributed by atoms with Crippen LogP contribution in [-0.4, -0.2) is 28.1 Å². The predicted molar refractivity (Wildman–Crippen MR) is 111 cm³/mol. The number of nitrogens with zero attached hydrogens (tertiary/aromatic N) is 3. The summed E-state index contributed by atoms with van der Waals surface area (Å²) < 4.78 is 16.3. The van der Waals surface area contributed by atoms with E-state index in [4.69, 9.17) is 14.0 Å². The largest absolute Gasteiger partial charge is 0.493 e. The minimum Gasteiger partial charge on any atom is -0.493 e. The van der Waals surface area contributed by atoms with Gasteiger partial charge in [-0.25, -0.2) is 9.97 Å². The van der Waals surface area contributed by atoms with Crippen LogP contribution < -0.4 is 14.8 Å². The summed E-state index contributed by atoms with van der Waals surface area (Å²) in [5, 5.41) is 7.49. The molecular weight excluding hydrogens is 384 g/mol. The topological polar surface area (TPSA) is 99.4 Å². The molecule has 8 nitrogen and oxygen atoms in total. The van der Waals surface area contributed by atoms with Gasteiger partial charge in [0.1, 0.15) is 0 Å². The van der Waals surface area contributed by atoms with Crippen LogP contribution >= 0.6 is 0 Å². The molecule has 3 heterocycles. The molecule has 0 aliphatic heterocycles. The van der Waals surface area contributed by atoms with E-state index in [2.05, 4.69) is 20.4 Å². The molecule has 4 rings (SSSR count). The summed E-state index contributed by atoms with van der Waals surface area (Å²) in [6, 6.07) is 10.7. The van der Waals surface area contributed by atoms with Crippen molar-refractivity contribution in [1.82, 2.24) is 15.1 Å². The Balaban J connectivity index is 1.47. The second-order valence-electron chi connectivity index (χ2n) is 6.66. The van der Waals surface area contributed by atoms with E-state index >= 15 is 0 Å². The minimum atomic E-state index is -0.302. The first-order valence-corrected chi connectivity index (χ1v) is 9.41. The molecule has 0 aliphatic carbocycles. The van der Waals surface area contributed by atoms with Gasteiger partial charge in [-0.15, -0.1) is 0 Å². The summed E-state index contributed by atoms with van der Waals surface area (Å²) in [4.78, 5) is 21.0. The maximum Gasteiger partial charge on any atom is 0.257 e. The molecule has 0 saturated carbocycles. The number of ether oxygens (including phenoxy) is 2. The lowest BCUT2D eigenvalue weighted by atomic mass is 10.1. The maximum absolute atomic E-state index is 12.6. The van der Waals surface area contributed by atoms with Crippen molar-refractivity contribution < 1.29 is 18.8 Å². The molecule has 4 aromatic rings. The van der Waals surface area contributed by atoms with Crippen LogP contribution in [-0.2, 0) is 6.42 Å². The van der Waals surface area contributed by atoms with Crippen molar-refractivity contribution in [1.29, 1.82) is 0 Å². The van der Waals surface area contributed by atoms with E-state index in [1.807, 2.05) is 32.0 Å². The number of amides is 1. The van der Waals surface area contributed by atoms with Gasteiger partial charge >= 0.3 is 0 Å². The molecule has 0 aliphatic rings. The van der Waals surface area contributed by atoms with Gasteiger partial charge in [-0.2, -0.15) is 0 Å². The van der Waals surface area contributed by atoms with E-state index in [-0.39, 0.29) is 5.91 Å². The second kappa shape index (κ2) is 8.20. The van der Waals surface area contributed by atoms with Gasteiger partial charge in [0.2, 0.25) is 5.88 Å². The Morgan fingerprint density at radius 1 is 1.10 bits per heavy atom. The van der Waals surface area contributed by atoms with Crippen LogP contribution in [0.3, 0.4) is 0 Å². The summed E-state index contributed by atoms with van der Waals surface area (Å²) in [6.45, 7) is 3.94. The van der Waals surface area contributed by atoms with E-state index in [0.29, 0.717) is 40.8 Å². The number of methoxy groups -OCH3 is 1. The second-order valence-corrected chi connectivity index (χ2v) is 6.66. The average Bonchev–Trinajstić information content (AvgIpc) is 3.18. The van der Waals surface area contributed by atoms with Crippen LogP contribution in [0.15, 0.2) is 53.3 Å². The number of pyridine rings is 2.